The Morgan fingerprint density at radius 3 is 2.40 bits per heavy atom. The molecule has 8 nitrogen and oxygen atoms in total. The summed E-state index contributed by atoms with van der Waals surface area (Å²) in [4.78, 5) is 31.8. The van der Waals surface area contributed by atoms with Crippen molar-refractivity contribution in [3.05, 3.63) is 47.0 Å². The predicted molar refractivity (Wildman–Crippen MR) is 133 cm³/mol. The smallest absolute Gasteiger partial charge is 0.365 e. The number of carbonyl (C=O) groups excluding carboxylic acids is 2. The van der Waals surface area contributed by atoms with Gasteiger partial charge in [0.25, 0.3) is 5.91 Å². The number of amides is 2. The molecule has 2 aromatic heterocycles. The van der Waals surface area contributed by atoms with Crippen LogP contribution in [0.2, 0.25) is 0 Å². The van der Waals surface area contributed by atoms with Gasteiger partial charge in [-0.2, -0.15) is 31.4 Å². The lowest BCUT2D eigenvalue weighted by Crippen LogP contribution is -2.30. The average molecular weight is 609 g/mol. The van der Waals surface area contributed by atoms with Crippen molar-refractivity contribution in [1.82, 2.24) is 25.1 Å². The molecule has 16 heteroatoms. The molecule has 4 N–H and O–H groups in total. The number of halogens is 8. The van der Waals surface area contributed by atoms with E-state index in [9.17, 15) is 44.7 Å². The predicted octanol–water partition coefficient (Wildman–Crippen LogP) is 5.90. The van der Waals surface area contributed by atoms with Crippen LogP contribution >= 0.6 is 0 Å². The van der Waals surface area contributed by atoms with Gasteiger partial charge >= 0.3 is 12.4 Å². The monoisotopic (exact) mass is 608 g/mol. The molecule has 1 aliphatic carbocycles. The van der Waals surface area contributed by atoms with Crippen LogP contribution < -0.4 is 11.1 Å². The average Bonchev–Trinajstić information content (AvgIpc) is 3.46. The molecule has 42 heavy (non-hydrogen) atoms. The maximum Gasteiger partial charge on any atom is 0.408 e. The number of H-pyrrole nitrogens is 1. The van der Waals surface area contributed by atoms with E-state index in [0.29, 0.717) is 21.3 Å². The van der Waals surface area contributed by atoms with Crippen molar-refractivity contribution in [2.24, 2.45) is 11.7 Å². The second kappa shape index (κ2) is 11.5. The van der Waals surface area contributed by atoms with Crippen molar-refractivity contribution in [1.29, 1.82) is 0 Å². The number of nitrogens with one attached hydrogen (secondary N) is 2. The van der Waals surface area contributed by atoms with Gasteiger partial charge in [0, 0.05) is 25.5 Å². The van der Waals surface area contributed by atoms with E-state index >= 15 is 0 Å². The van der Waals surface area contributed by atoms with E-state index in [-0.39, 0.29) is 29.9 Å². The second-order valence-corrected chi connectivity index (χ2v) is 10.6. The van der Waals surface area contributed by atoms with E-state index in [1.54, 1.807) is 25.1 Å². The lowest BCUT2D eigenvalue weighted by molar-refractivity contribution is -0.144. The van der Waals surface area contributed by atoms with Crippen LogP contribution in [-0.4, -0.2) is 49.8 Å². The Morgan fingerprint density at radius 1 is 1.14 bits per heavy atom. The van der Waals surface area contributed by atoms with Gasteiger partial charge in [0.2, 0.25) is 11.8 Å². The van der Waals surface area contributed by atoms with Gasteiger partial charge < -0.3 is 16.0 Å². The van der Waals surface area contributed by atoms with Crippen LogP contribution in [0.15, 0.2) is 24.4 Å². The molecule has 0 saturated heterocycles. The van der Waals surface area contributed by atoms with Gasteiger partial charge in [-0.25, -0.2) is 13.8 Å². The maximum atomic E-state index is 14.0. The molecule has 1 aliphatic rings. The first kappa shape index (κ1) is 31.2. The molecule has 1 fully saturated rings. The van der Waals surface area contributed by atoms with E-state index in [1.165, 1.54) is 0 Å². The van der Waals surface area contributed by atoms with E-state index in [0.717, 1.165) is 6.20 Å². The van der Waals surface area contributed by atoms with Crippen molar-refractivity contribution >= 4 is 22.8 Å². The molecule has 1 aromatic carbocycles. The summed E-state index contributed by atoms with van der Waals surface area (Å²) >= 11 is 0. The quantitative estimate of drug-likeness (QED) is 0.262. The third kappa shape index (κ3) is 7.76. The van der Waals surface area contributed by atoms with E-state index in [2.05, 4.69) is 20.4 Å². The molecule has 0 aliphatic heterocycles. The fourth-order valence-electron chi connectivity index (χ4n) is 5.21. The number of primary amides is 1. The Morgan fingerprint density at radius 2 is 1.81 bits per heavy atom. The number of nitrogens with zero attached hydrogens (tertiary/aromatic N) is 3. The van der Waals surface area contributed by atoms with Gasteiger partial charge in [-0.05, 0) is 43.4 Å². The van der Waals surface area contributed by atoms with Gasteiger partial charge in [0.05, 0.1) is 40.7 Å². The van der Waals surface area contributed by atoms with Crippen LogP contribution in [0, 0.1) is 5.92 Å². The summed E-state index contributed by atoms with van der Waals surface area (Å²) in [6, 6.07) is 4.05. The molecule has 0 spiro atoms. The standard InChI is InChI=1S/C26H28F8N6O2/c1-13(36-19(41)6-9-25(29,30)31)15-2-3-17-18(10-15)38-23(37-17)20(14-4-7-24(27,28)8-5-14)21-16(22(35)42)11-40(39-21)12-26(32,33)34/h2-3,10-11,13-14,20H,4-9,12H2,1H3,(H2,35,42)(H,36,41)(H,37,38)/t13-,20+/m1/s1. The first-order chi connectivity index (χ1) is 19.4. The number of aromatic nitrogens is 4. The van der Waals surface area contributed by atoms with Gasteiger partial charge in [-0.1, -0.05) is 6.07 Å². The van der Waals surface area contributed by atoms with Crippen LogP contribution in [0.3, 0.4) is 0 Å². The van der Waals surface area contributed by atoms with E-state index in [1.807, 2.05) is 0 Å². The Hall–Kier alpha value is -3.72. The first-order valence-corrected chi connectivity index (χ1v) is 13.1. The minimum absolute atomic E-state index is 0.0225. The summed E-state index contributed by atoms with van der Waals surface area (Å²) in [7, 11) is 0. The number of imidazole rings is 1. The minimum Gasteiger partial charge on any atom is -0.365 e. The van der Waals surface area contributed by atoms with E-state index < -0.39 is 80.2 Å². The van der Waals surface area contributed by atoms with E-state index in [4.69, 9.17) is 5.73 Å². The Kier molecular flexibility index (Phi) is 8.56. The summed E-state index contributed by atoms with van der Waals surface area (Å²) in [5.41, 5.74) is 6.36. The Balaban J connectivity index is 1.69. The number of alkyl halides is 8. The Labute approximate surface area is 234 Å². The molecule has 3 aromatic rings. The van der Waals surface area contributed by atoms with Crippen molar-refractivity contribution in [3.8, 4) is 0 Å². The summed E-state index contributed by atoms with van der Waals surface area (Å²) in [6.45, 7) is 0.0696. The fourth-order valence-corrected chi connectivity index (χ4v) is 5.21. The number of benzene rings is 1. The van der Waals surface area contributed by atoms with Crippen LogP contribution in [0.25, 0.3) is 11.0 Å². The van der Waals surface area contributed by atoms with Gasteiger partial charge in [0.1, 0.15) is 12.4 Å². The second-order valence-electron chi connectivity index (χ2n) is 10.6. The third-order valence-corrected chi connectivity index (χ3v) is 7.26. The Bertz CT molecular complexity index is 1430. The highest BCUT2D eigenvalue weighted by atomic mass is 19.4. The van der Waals surface area contributed by atoms with Crippen molar-refractivity contribution < 1.29 is 44.7 Å². The number of rotatable bonds is 9. The zero-order chi connectivity index (χ0) is 31.0. The summed E-state index contributed by atoms with van der Waals surface area (Å²) in [5.74, 6) is -6.13. The molecule has 0 radical (unpaired) electrons. The summed E-state index contributed by atoms with van der Waals surface area (Å²) < 4.78 is 105. The first-order valence-electron chi connectivity index (χ1n) is 13.1. The molecule has 230 valence electrons. The van der Waals surface area contributed by atoms with Gasteiger partial charge in [-0.3, -0.25) is 14.3 Å². The molecule has 0 unspecified atom stereocenters. The minimum atomic E-state index is -4.66. The molecule has 2 amide bonds. The van der Waals surface area contributed by atoms with Crippen LogP contribution in [0.1, 0.15) is 84.8 Å². The molecule has 1 saturated carbocycles. The molecule has 0 bridgehead atoms. The number of fused-ring (bicyclic) bond motifs is 1. The highest BCUT2D eigenvalue weighted by Crippen LogP contribution is 2.45. The fraction of sp³-hybridized carbons (Fsp3) is 0.538. The SMILES string of the molecule is C[C@@H](NC(=O)CCC(F)(F)F)c1ccc2nc([C@H](c3nn(CC(F)(F)F)cc3C(N)=O)C3CCC(F)(F)CC3)[nH]c2c1. The zero-order valence-electron chi connectivity index (χ0n) is 22.3. The molecule has 2 heterocycles. The highest BCUT2D eigenvalue weighted by molar-refractivity contribution is 5.94. The van der Waals surface area contributed by atoms with Crippen molar-refractivity contribution in [2.45, 2.75) is 82.2 Å². The highest BCUT2D eigenvalue weighted by Gasteiger charge is 2.42. The molecule has 4 rings (SSSR count). The van der Waals surface area contributed by atoms with Gasteiger partial charge in [-0.15, -0.1) is 0 Å². The zero-order valence-corrected chi connectivity index (χ0v) is 22.3. The topological polar surface area (TPSA) is 119 Å². The van der Waals surface area contributed by atoms with Crippen molar-refractivity contribution in [3.63, 3.8) is 0 Å². The number of aromatic amines is 1. The van der Waals surface area contributed by atoms with Crippen LogP contribution in [0.5, 0.6) is 0 Å². The normalized spacial score (nSPS) is 17.7. The number of hydrogen-bond acceptors (Lipinski definition) is 4. The maximum absolute atomic E-state index is 14.0. The van der Waals surface area contributed by atoms with Gasteiger partial charge in [0.15, 0.2) is 0 Å². The molecular formula is C26H28F8N6O2. The number of hydrogen-bond donors (Lipinski definition) is 3. The van der Waals surface area contributed by atoms with Crippen LogP contribution in [0.4, 0.5) is 35.1 Å². The summed E-state index contributed by atoms with van der Waals surface area (Å²) in [5, 5.41) is 6.50. The molecule has 2 atom stereocenters. The summed E-state index contributed by atoms with van der Waals surface area (Å²) in [6.07, 6.45) is -11.3. The lowest BCUT2D eigenvalue weighted by Gasteiger charge is -2.32. The third-order valence-electron chi connectivity index (χ3n) is 7.26. The van der Waals surface area contributed by atoms with Crippen LogP contribution in [-0.2, 0) is 11.3 Å². The molecular weight excluding hydrogens is 580 g/mol. The largest absolute Gasteiger partial charge is 0.408 e. The number of nitrogens with two attached hydrogens (primary N) is 1. The van der Waals surface area contributed by atoms with Crippen molar-refractivity contribution in [2.75, 3.05) is 0 Å². The lowest BCUT2D eigenvalue weighted by atomic mass is 9.76. The number of carbonyl (C=O) groups is 2.